The van der Waals surface area contributed by atoms with Gasteiger partial charge in [-0.1, -0.05) is 19.1 Å². The molecule has 0 aliphatic heterocycles. The van der Waals surface area contributed by atoms with E-state index in [1.807, 2.05) is 19.1 Å². The summed E-state index contributed by atoms with van der Waals surface area (Å²) in [4.78, 5) is 0. The SMILES string of the molecule is CCCNC(COCC)c1ccc(F)cc1. The van der Waals surface area contributed by atoms with Crippen molar-refractivity contribution in [1.82, 2.24) is 5.32 Å². The Hall–Kier alpha value is -0.930. The molecule has 1 aromatic carbocycles. The minimum Gasteiger partial charge on any atom is -0.380 e. The van der Waals surface area contributed by atoms with Crippen LogP contribution in [-0.4, -0.2) is 19.8 Å². The molecule has 0 spiro atoms. The molecule has 16 heavy (non-hydrogen) atoms. The van der Waals surface area contributed by atoms with Gasteiger partial charge < -0.3 is 10.1 Å². The van der Waals surface area contributed by atoms with Gasteiger partial charge in [-0.15, -0.1) is 0 Å². The Balaban J connectivity index is 2.62. The van der Waals surface area contributed by atoms with Gasteiger partial charge in [0.1, 0.15) is 5.82 Å². The quantitative estimate of drug-likeness (QED) is 0.770. The van der Waals surface area contributed by atoms with E-state index in [4.69, 9.17) is 4.74 Å². The summed E-state index contributed by atoms with van der Waals surface area (Å²) in [6, 6.07) is 6.74. The summed E-state index contributed by atoms with van der Waals surface area (Å²) in [5.41, 5.74) is 1.07. The van der Waals surface area contributed by atoms with Crippen LogP contribution in [0.1, 0.15) is 31.9 Å². The monoisotopic (exact) mass is 225 g/mol. The Labute approximate surface area is 96.8 Å². The van der Waals surface area contributed by atoms with Gasteiger partial charge in [-0.25, -0.2) is 4.39 Å². The molecule has 1 N–H and O–H groups in total. The van der Waals surface area contributed by atoms with Crippen molar-refractivity contribution in [3.8, 4) is 0 Å². The second-order valence-electron chi connectivity index (χ2n) is 3.72. The van der Waals surface area contributed by atoms with E-state index in [0.717, 1.165) is 18.5 Å². The minimum absolute atomic E-state index is 0.153. The van der Waals surface area contributed by atoms with Crippen molar-refractivity contribution in [1.29, 1.82) is 0 Å². The number of rotatable bonds is 7. The molecule has 0 heterocycles. The van der Waals surface area contributed by atoms with E-state index < -0.39 is 0 Å². The van der Waals surface area contributed by atoms with Crippen molar-refractivity contribution < 1.29 is 9.13 Å². The van der Waals surface area contributed by atoms with Crippen LogP contribution in [0, 0.1) is 5.82 Å². The number of nitrogens with one attached hydrogen (secondary N) is 1. The van der Waals surface area contributed by atoms with Crippen LogP contribution in [0.3, 0.4) is 0 Å². The van der Waals surface area contributed by atoms with Gasteiger partial charge >= 0.3 is 0 Å². The summed E-state index contributed by atoms with van der Waals surface area (Å²) >= 11 is 0. The van der Waals surface area contributed by atoms with Crippen molar-refractivity contribution in [2.75, 3.05) is 19.8 Å². The smallest absolute Gasteiger partial charge is 0.123 e. The summed E-state index contributed by atoms with van der Waals surface area (Å²) < 4.78 is 18.2. The second kappa shape index (κ2) is 7.36. The highest BCUT2D eigenvalue weighted by Crippen LogP contribution is 2.14. The zero-order chi connectivity index (χ0) is 11.8. The van der Waals surface area contributed by atoms with Crippen molar-refractivity contribution >= 4 is 0 Å². The lowest BCUT2D eigenvalue weighted by molar-refractivity contribution is 0.123. The molecule has 0 radical (unpaired) electrons. The van der Waals surface area contributed by atoms with Crippen molar-refractivity contribution in [3.05, 3.63) is 35.6 Å². The Morgan fingerprint density at radius 2 is 1.94 bits per heavy atom. The molecular weight excluding hydrogens is 205 g/mol. The Morgan fingerprint density at radius 1 is 1.25 bits per heavy atom. The van der Waals surface area contributed by atoms with Gasteiger partial charge in [0.25, 0.3) is 0 Å². The fourth-order valence-corrected chi connectivity index (χ4v) is 1.52. The summed E-state index contributed by atoms with van der Waals surface area (Å²) in [5, 5.41) is 3.39. The molecule has 1 aromatic rings. The number of halogens is 1. The maximum atomic E-state index is 12.8. The van der Waals surface area contributed by atoms with Gasteiger partial charge in [0.05, 0.1) is 12.6 Å². The van der Waals surface area contributed by atoms with Gasteiger partial charge in [0, 0.05) is 6.61 Å². The molecule has 1 rings (SSSR count). The number of ether oxygens (including phenoxy) is 1. The van der Waals surface area contributed by atoms with Crippen molar-refractivity contribution in [3.63, 3.8) is 0 Å². The lowest BCUT2D eigenvalue weighted by Gasteiger charge is -2.18. The second-order valence-corrected chi connectivity index (χ2v) is 3.72. The highest BCUT2D eigenvalue weighted by atomic mass is 19.1. The third-order valence-corrected chi connectivity index (χ3v) is 2.40. The van der Waals surface area contributed by atoms with E-state index in [1.54, 1.807) is 0 Å². The van der Waals surface area contributed by atoms with Gasteiger partial charge in [-0.3, -0.25) is 0 Å². The van der Waals surface area contributed by atoms with E-state index in [0.29, 0.717) is 13.2 Å². The molecule has 1 unspecified atom stereocenters. The molecular formula is C13H20FNO. The summed E-state index contributed by atoms with van der Waals surface area (Å²) in [5.74, 6) is -0.200. The molecule has 0 saturated carbocycles. The van der Waals surface area contributed by atoms with Gasteiger partial charge in [0.2, 0.25) is 0 Å². The lowest BCUT2D eigenvalue weighted by atomic mass is 10.1. The first-order chi connectivity index (χ1) is 7.77. The summed E-state index contributed by atoms with van der Waals surface area (Å²) in [6.07, 6.45) is 1.07. The minimum atomic E-state index is -0.200. The van der Waals surface area contributed by atoms with Crippen LogP contribution in [0.5, 0.6) is 0 Å². The van der Waals surface area contributed by atoms with Crippen LogP contribution in [0.25, 0.3) is 0 Å². The van der Waals surface area contributed by atoms with E-state index in [1.165, 1.54) is 12.1 Å². The Morgan fingerprint density at radius 3 is 2.50 bits per heavy atom. The highest BCUT2D eigenvalue weighted by Gasteiger charge is 2.10. The molecule has 0 aliphatic carbocycles. The Kier molecular flexibility index (Phi) is 6.04. The van der Waals surface area contributed by atoms with Crippen LogP contribution in [0.15, 0.2) is 24.3 Å². The summed E-state index contributed by atoms with van der Waals surface area (Å²) in [7, 11) is 0. The maximum Gasteiger partial charge on any atom is 0.123 e. The third kappa shape index (κ3) is 4.29. The predicted octanol–water partition coefficient (Wildman–Crippen LogP) is 2.90. The fourth-order valence-electron chi connectivity index (χ4n) is 1.52. The van der Waals surface area contributed by atoms with E-state index in [-0.39, 0.29) is 11.9 Å². The standard InChI is InChI=1S/C13H20FNO/c1-3-9-15-13(10-16-4-2)11-5-7-12(14)8-6-11/h5-8,13,15H,3-4,9-10H2,1-2H3. The van der Waals surface area contributed by atoms with Crippen molar-refractivity contribution in [2.24, 2.45) is 0 Å². The normalized spacial score (nSPS) is 12.7. The topological polar surface area (TPSA) is 21.3 Å². The molecule has 2 nitrogen and oxygen atoms in total. The highest BCUT2D eigenvalue weighted by molar-refractivity contribution is 5.20. The van der Waals surface area contributed by atoms with Crippen LogP contribution in [0.4, 0.5) is 4.39 Å². The van der Waals surface area contributed by atoms with Gasteiger partial charge in [0.15, 0.2) is 0 Å². The predicted molar refractivity (Wildman–Crippen MR) is 63.9 cm³/mol. The fraction of sp³-hybridized carbons (Fsp3) is 0.538. The molecule has 0 amide bonds. The van der Waals surface area contributed by atoms with Crippen molar-refractivity contribution in [2.45, 2.75) is 26.3 Å². The van der Waals surface area contributed by atoms with E-state index >= 15 is 0 Å². The maximum absolute atomic E-state index is 12.8. The van der Waals surface area contributed by atoms with Gasteiger partial charge in [-0.2, -0.15) is 0 Å². The molecule has 0 fully saturated rings. The average molecular weight is 225 g/mol. The molecule has 0 bridgehead atoms. The van der Waals surface area contributed by atoms with E-state index in [2.05, 4.69) is 12.2 Å². The molecule has 3 heteroatoms. The molecule has 90 valence electrons. The number of benzene rings is 1. The zero-order valence-corrected chi connectivity index (χ0v) is 10.0. The van der Waals surface area contributed by atoms with Gasteiger partial charge in [-0.05, 0) is 37.6 Å². The first-order valence-electron chi connectivity index (χ1n) is 5.84. The Bertz CT molecular complexity index is 278. The van der Waals surface area contributed by atoms with Crippen LogP contribution in [0.2, 0.25) is 0 Å². The molecule has 0 aliphatic rings. The zero-order valence-electron chi connectivity index (χ0n) is 10.0. The summed E-state index contributed by atoms with van der Waals surface area (Å²) in [6.45, 7) is 6.36. The first kappa shape index (κ1) is 13.1. The van der Waals surface area contributed by atoms with Crippen LogP contribution < -0.4 is 5.32 Å². The lowest BCUT2D eigenvalue weighted by Crippen LogP contribution is -2.26. The first-order valence-corrected chi connectivity index (χ1v) is 5.84. The average Bonchev–Trinajstić information content (AvgIpc) is 2.31. The molecule has 0 aromatic heterocycles. The number of hydrogen-bond acceptors (Lipinski definition) is 2. The largest absolute Gasteiger partial charge is 0.380 e. The number of hydrogen-bond donors (Lipinski definition) is 1. The molecule has 0 saturated heterocycles. The van der Waals surface area contributed by atoms with E-state index in [9.17, 15) is 4.39 Å². The van der Waals surface area contributed by atoms with Crippen LogP contribution in [-0.2, 0) is 4.74 Å². The van der Waals surface area contributed by atoms with Crippen LogP contribution >= 0.6 is 0 Å². The molecule has 1 atom stereocenters. The third-order valence-electron chi connectivity index (χ3n) is 2.40.